The predicted octanol–water partition coefficient (Wildman–Crippen LogP) is 4.55. The normalized spacial score (nSPS) is 11.0. The number of Topliss-reactive ketones (excluding diaryl/α,β-unsaturated/α-hetero) is 1. The highest BCUT2D eigenvalue weighted by Crippen LogP contribution is 2.24. The molecule has 2 aromatic carbocycles. The molecule has 3 heteroatoms. The number of ketones is 1. The van der Waals surface area contributed by atoms with Gasteiger partial charge in [-0.05, 0) is 48.4 Å². The Labute approximate surface area is 136 Å². The van der Waals surface area contributed by atoms with Crippen molar-refractivity contribution in [1.82, 2.24) is 0 Å². The minimum absolute atomic E-state index is 0.0281. The Bertz CT molecular complexity index is 695. The first kappa shape index (κ1) is 16.6. The van der Waals surface area contributed by atoms with Crippen LogP contribution in [0, 0.1) is 0 Å². The number of carbonyl (C=O) groups is 1. The molecule has 0 bridgehead atoms. The maximum absolute atomic E-state index is 12.8. The number of benzene rings is 2. The van der Waals surface area contributed by atoms with Crippen LogP contribution in [-0.4, -0.2) is 20.0 Å². The van der Waals surface area contributed by atoms with Crippen molar-refractivity contribution in [3.63, 3.8) is 0 Å². The standard InChI is InChI=1S/C20H20O3/c1-4-5-6-19(15-7-11-17(22-2)12-8-15)20(21)16-9-13-18(23-3)14-10-16/h4,6-14H,1,5H2,2-3H3/b19-6-. The average Bonchev–Trinajstić information content (AvgIpc) is 2.62. The molecule has 0 saturated carbocycles. The van der Waals surface area contributed by atoms with Gasteiger partial charge in [0.1, 0.15) is 11.5 Å². The minimum Gasteiger partial charge on any atom is -0.497 e. The molecule has 0 aliphatic heterocycles. The summed E-state index contributed by atoms with van der Waals surface area (Å²) in [5.41, 5.74) is 2.13. The summed E-state index contributed by atoms with van der Waals surface area (Å²) >= 11 is 0. The SMILES string of the molecule is C=CC/C=C(\C(=O)c1ccc(OC)cc1)c1ccc(OC)cc1. The molecule has 0 N–H and O–H groups in total. The van der Waals surface area contributed by atoms with E-state index in [4.69, 9.17) is 9.47 Å². The lowest BCUT2D eigenvalue weighted by molar-refractivity contribution is 0.105. The van der Waals surface area contributed by atoms with Crippen molar-refractivity contribution in [3.05, 3.63) is 78.4 Å². The molecule has 0 unspecified atom stereocenters. The highest BCUT2D eigenvalue weighted by molar-refractivity contribution is 6.28. The van der Waals surface area contributed by atoms with Gasteiger partial charge in [-0.25, -0.2) is 0 Å². The van der Waals surface area contributed by atoms with Gasteiger partial charge in [0.2, 0.25) is 0 Å². The van der Waals surface area contributed by atoms with Crippen molar-refractivity contribution < 1.29 is 14.3 Å². The maximum Gasteiger partial charge on any atom is 0.193 e. The number of allylic oxidation sites excluding steroid dienone is 3. The Morgan fingerprint density at radius 1 is 0.913 bits per heavy atom. The van der Waals surface area contributed by atoms with Gasteiger partial charge in [-0.3, -0.25) is 4.79 Å². The third-order valence-corrected chi connectivity index (χ3v) is 3.49. The van der Waals surface area contributed by atoms with E-state index in [0.29, 0.717) is 17.6 Å². The quantitative estimate of drug-likeness (QED) is 0.428. The molecule has 2 aromatic rings. The summed E-state index contributed by atoms with van der Waals surface area (Å²) in [6.45, 7) is 3.72. The van der Waals surface area contributed by atoms with Gasteiger partial charge in [-0.1, -0.05) is 24.3 Å². The Hall–Kier alpha value is -2.81. The molecule has 0 saturated heterocycles. The molecule has 0 heterocycles. The van der Waals surface area contributed by atoms with Crippen LogP contribution >= 0.6 is 0 Å². The van der Waals surface area contributed by atoms with E-state index in [-0.39, 0.29) is 5.78 Å². The lowest BCUT2D eigenvalue weighted by Gasteiger charge is -2.09. The maximum atomic E-state index is 12.8. The van der Waals surface area contributed by atoms with Crippen LogP contribution in [0.2, 0.25) is 0 Å². The van der Waals surface area contributed by atoms with E-state index in [2.05, 4.69) is 6.58 Å². The van der Waals surface area contributed by atoms with Crippen molar-refractivity contribution in [2.75, 3.05) is 14.2 Å². The fourth-order valence-corrected chi connectivity index (χ4v) is 2.21. The molecule has 3 nitrogen and oxygen atoms in total. The summed E-state index contributed by atoms with van der Waals surface area (Å²) in [5.74, 6) is 1.45. The van der Waals surface area contributed by atoms with Crippen LogP contribution in [-0.2, 0) is 0 Å². The Balaban J connectivity index is 2.36. The fraction of sp³-hybridized carbons (Fsp3) is 0.150. The zero-order valence-corrected chi connectivity index (χ0v) is 13.4. The second-order valence-electron chi connectivity index (χ2n) is 4.93. The van der Waals surface area contributed by atoms with Crippen LogP contribution in [0.5, 0.6) is 11.5 Å². The number of methoxy groups -OCH3 is 2. The summed E-state index contributed by atoms with van der Waals surface area (Å²) in [6.07, 6.45) is 4.29. The van der Waals surface area contributed by atoms with E-state index in [9.17, 15) is 4.79 Å². The first-order valence-electron chi connectivity index (χ1n) is 7.34. The number of hydrogen-bond donors (Lipinski definition) is 0. The van der Waals surface area contributed by atoms with E-state index in [1.807, 2.05) is 30.3 Å². The number of rotatable bonds is 7. The number of hydrogen-bond acceptors (Lipinski definition) is 3. The van der Waals surface area contributed by atoms with Gasteiger partial charge in [-0.2, -0.15) is 0 Å². The van der Waals surface area contributed by atoms with Gasteiger partial charge in [0.05, 0.1) is 14.2 Å². The summed E-state index contributed by atoms with van der Waals surface area (Å²) < 4.78 is 10.3. The van der Waals surface area contributed by atoms with Crippen molar-refractivity contribution in [3.8, 4) is 11.5 Å². The van der Waals surface area contributed by atoms with Gasteiger partial charge in [0.25, 0.3) is 0 Å². The molecule has 0 aliphatic rings. The Kier molecular flexibility index (Phi) is 5.75. The lowest BCUT2D eigenvalue weighted by atomic mass is 9.95. The third-order valence-electron chi connectivity index (χ3n) is 3.49. The Morgan fingerprint density at radius 2 is 1.39 bits per heavy atom. The zero-order chi connectivity index (χ0) is 16.7. The van der Waals surface area contributed by atoms with Crippen LogP contribution in [0.25, 0.3) is 5.57 Å². The number of carbonyl (C=O) groups excluding carboxylic acids is 1. The summed E-state index contributed by atoms with van der Waals surface area (Å²) in [6, 6.07) is 14.6. The van der Waals surface area contributed by atoms with Crippen molar-refractivity contribution >= 4 is 11.4 Å². The molecule has 0 atom stereocenters. The molecule has 0 fully saturated rings. The van der Waals surface area contributed by atoms with Crippen LogP contribution in [0.3, 0.4) is 0 Å². The second-order valence-corrected chi connectivity index (χ2v) is 4.93. The van der Waals surface area contributed by atoms with E-state index in [1.165, 1.54) is 0 Å². The summed E-state index contributed by atoms with van der Waals surface area (Å²) in [7, 11) is 3.22. The third kappa shape index (κ3) is 4.10. The smallest absolute Gasteiger partial charge is 0.193 e. The highest BCUT2D eigenvalue weighted by Gasteiger charge is 2.14. The van der Waals surface area contributed by atoms with Gasteiger partial charge in [0.15, 0.2) is 5.78 Å². The van der Waals surface area contributed by atoms with Crippen molar-refractivity contribution in [2.45, 2.75) is 6.42 Å². The average molecular weight is 308 g/mol. The first-order valence-corrected chi connectivity index (χ1v) is 7.34. The molecule has 2 rings (SSSR count). The first-order chi connectivity index (χ1) is 11.2. The molecular weight excluding hydrogens is 288 g/mol. The largest absolute Gasteiger partial charge is 0.497 e. The van der Waals surface area contributed by atoms with Gasteiger partial charge >= 0.3 is 0 Å². The van der Waals surface area contributed by atoms with Gasteiger partial charge < -0.3 is 9.47 Å². The van der Waals surface area contributed by atoms with Crippen molar-refractivity contribution in [1.29, 1.82) is 0 Å². The van der Waals surface area contributed by atoms with E-state index < -0.39 is 0 Å². The molecule has 0 spiro atoms. The molecule has 0 radical (unpaired) electrons. The summed E-state index contributed by atoms with van der Waals surface area (Å²) in [4.78, 5) is 12.8. The predicted molar refractivity (Wildman–Crippen MR) is 93.1 cm³/mol. The number of ether oxygens (including phenoxy) is 2. The molecule has 0 aliphatic carbocycles. The van der Waals surface area contributed by atoms with E-state index in [1.54, 1.807) is 44.6 Å². The minimum atomic E-state index is -0.0281. The molecule has 118 valence electrons. The molecule has 0 aromatic heterocycles. The van der Waals surface area contributed by atoms with Crippen LogP contribution in [0.4, 0.5) is 0 Å². The van der Waals surface area contributed by atoms with Gasteiger partial charge in [-0.15, -0.1) is 6.58 Å². The highest BCUT2D eigenvalue weighted by atomic mass is 16.5. The van der Waals surface area contributed by atoms with Crippen LogP contribution < -0.4 is 9.47 Å². The topological polar surface area (TPSA) is 35.5 Å². The van der Waals surface area contributed by atoms with Crippen molar-refractivity contribution in [2.24, 2.45) is 0 Å². The molecule has 23 heavy (non-hydrogen) atoms. The lowest BCUT2D eigenvalue weighted by Crippen LogP contribution is -2.03. The molecular formula is C20H20O3. The second kappa shape index (κ2) is 7.99. The molecule has 0 amide bonds. The summed E-state index contributed by atoms with van der Waals surface area (Å²) in [5, 5.41) is 0. The zero-order valence-electron chi connectivity index (χ0n) is 13.4. The fourth-order valence-electron chi connectivity index (χ4n) is 2.21. The van der Waals surface area contributed by atoms with E-state index >= 15 is 0 Å². The van der Waals surface area contributed by atoms with E-state index in [0.717, 1.165) is 17.1 Å². The van der Waals surface area contributed by atoms with Crippen LogP contribution in [0.15, 0.2) is 67.3 Å². The monoisotopic (exact) mass is 308 g/mol. The van der Waals surface area contributed by atoms with Gasteiger partial charge in [0, 0.05) is 11.1 Å². The van der Waals surface area contributed by atoms with Crippen LogP contribution in [0.1, 0.15) is 22.3 Å². The Morgan fingerprint density at radius 3 is 1.83 bits per heavy atom.